The zero-order valence-electron chi connectivity index (χ0n) is 6.77. The van der Waals surface area contributed by atoms with Crippen molar-refractivity contribution in [3.05, 3.63) is 35.9 Å². The number of hydrogen-bond acceptors (Lipinski definition) is 3. The number of rotatable bonds is 4. The van der Waals surface area contributed by atoms with Crippen molar-refractivity contribution in [2.24, 2.45) is 0 Å². The molecule has 0 spiro atoms. The molecular formula is C9H13NO2. The second-order valence-electron chi connectivity index (χ2n) is 2.56. The minimum Gasteiger partial charge on any atom is -0.356 e. The van der Waals surface area contributed by atoms with E-state index in [0.29, 0.717) is 6.54 Å². The molecule has 3 nitrogen and oxygen atoms in total. The maximum Gasteiger partial charge on any atom is 0.210 e. The number of aliphatic hydroxyl groups excluding tert-OH is 1. The van der Waals surface area contributed by atoms with E-state index in [2.05, 4.69) is 5.32 Å². The van der Waals surface area contributed by atoms with Gasteiger partial charge < -0.3 is 10.2 Å². The lowest BCUT2D eigenvalue weighted by Crippen LogP contribution is -2.29. The fourth-order valence-electron chi connectivity index (χ4n) is 0.990. The van der Waals surface area contributed by atoms with Gasteiger partial charge in [-0.25, -0.2) is 0 Å². The summed E-state index contributed by atoms with van der Waals surface area (Å²) >= 11 is 0. The molecule has 0 aliphatic heterocycles. The summed E-state index contributed by atoms with van der Waals surface area (Å²) < 4.78 is 0. The van der Waals surface area contributed by atoms with Gasteiger partial charge in [0.05, 0.1) is 0 Å². The highest BCUT2D eigenvalue weighted by Gasteiger charge is 1.94. The van der Waals surface area contributed by atoms with Crippen LogP contribution < -0.4 is 5.32 Å². The zero-order valence-corrected chi connectivity index (χ0v) is 6.77. The molecule has 0 amide bonds. The van der Waals surface area contributed by atoms with Crippen LogP contribution in [0.4, 0.5) is 0 Å². The lowest BCUT2D eigenvalue weighted by molar-refractivity contribution is -0.0650. The van der Waals surface area contributed by atoms with Crippen LogP contribution in [0, 0.1) is 0 Å². The highest BCUT2D eigenvalue weighted by atomic mass is 16.5. The summed E-state index contributed by atoms with van der Waals surface area (Å²) in [6.45, 7) is 0.571. The second-order valence-corrected chi connectivity index (χ2v) is 2.56. The van der Waals surface area contributed by atoms with Crippen LogP contribution in [0.1, 0.15) is 5.56 Å². The van der Waals surface area contributed by atoms with Gasteiger partial charge in [0.15, 0.2) is 0 Å². The predicted octanol–water partition coefficient (Wildman–Crippen LogP) is 0.0869. The molecule has 0 heterocycles. The Bertz CT molecular complexity index is 211. The molecule has 1 aromatic carbocycles. The van der Waals surface area contributed by atoms with Crippen molar-refractivity contribution in [1.82, 2.24) is 5.32 Å². The van der Waals surface area contributed by atoms with Crippen molar-refractivity contribution in [2.45, 2.75) is 12.8 Å². The van der Waals surface area contributed by atoms with Crippen molar-refractivity contribution in [2.75, 3.05) is 6.54 Å². The average molecular weight is 167 g/mol. The van der Waals surface area contributed by atoms with Crippen molar-refractivity contribution < 1.29 is 10.2 Å². The van der Waals surface area contributed by atoms with Gasteiger partial charge >= 0.3 is 0 Å². The van der Waals surface area contributed by atoms with Gasteiger partial charge in [-0.05, 0) is 12.0 Å². The third-order valence-electron chi connectivity index (χ3n) is 1.58. The van der Waals surface area contributed by atoms with Crippen LogP contribution in [0.2, 0.25) is 0 Å². The van der Waals surface area contributed by atoms with Crippen molar-refractivity contribution in [3.63, 3.8) is 0 Å². The Kier molecular flexibility index (Phi) is 3.73. The van der Waals surface area contributed by atoms with E-state index in [1.807, 2.05) is 30.3 Å². The van der Waals surface area contributed by atoms with E-state index in [-0.39, 0.29) is 0 Å². The molecule has 0 radical (unpaired) electrons. The fourth-order valence-corrected chi connectivity index (χ4v) is 0.990. The highest BCUT2D eigenvalue weighted by molar-refractivity contribution is 5.14. The Morgan fingerprint density at radius 1 is 1.17 bits per heavy atom. The van der Waals surface area contributed by atoms with Crippen LogP contribution in [0.15, 0.2) is 30.3 Å². The fraction of sp³-hybridized carbons (Fsp3) is 0.333. The standard InChI is InChI=1S/C9H13NO2/c11-9(12)10-7-6-8-4-2-1-3-5-8/h1-5,9-12H,6-7H2. The number of hydrogen-bond donors (Lipinski definition) is 3. The summed E-state index contributed by atoms with van der Waals surface area (Å²) in [5.41, 5.74) is 1.19. The van der Waals surface area contributed by atoms with Crippen LogP contribution >= 0.6 is 0 Å². The van der Waals surface area contributed by atoms with E-state index >= 15 is 0 Å². The summed E-state index contributed by atoms with van der Waals surface area (Å²) in [6.07, 6.45) is -0.605. The topological polar surface area (TPSA) is 52.5 Å². The van der Waals surface area contributed by atoms with Gasteiger partial charge in [-0.3, -0.25) is 5.32 Å². The molecule has 0 fully saturated rings. The summed E-state index contributed by atoms with van der Waals surface area (Å²) in [7, 11) is 0. The first kappa shape index (κ1) is 9.19. The largest absolute Gasteiger partial charge is 0.356 e. The van der Waals surface area contributed by atoms with E-state index in [1.165, 1.54) is 5.56 Å². The molecule has 0 saturated carbocycles. The van der Waals surface area contributed by atoms with Gasteiger partial charge in [-0.15, -0.1) is 0 Å². The van der Waals surface area contributed by atoms with Crippen molar-refractivity contribution >= 4 is 0 Å². The first-order chi connectivity index (χ1) is 5.79. The molecule has 3 N–H and O–H groups in total. The Morgan fingerprint density at radius 3 is 2.42 bits per heavy atom. The molecule has 0 saturated heterocycles. The Hall–Kier alpha value is -0.900. The SMILES string of the molecule is OC(O)NCCc1ccccc1. The average Bonchev–Trinajstić information content (AvgIpc) is 2.05. The van der Waals surface area contributed by atoms with Gasteiger partial charge in [-0.1, -0.05) is 30.3 Å². The molecule has 0 bridgehead atoms. The van der Waals surface area contributed by atoms with E-state index in [9.17, 15) is 0 Å². The first-order valence-electron chi connectivity index (χ1n) is 3.92. The summed E-state index contributed by atoms with van der Waals surface area (Å²) in [5, 5.41) is 19.5. The maximum absolute atomic E-state index is 8.47. The minimum absolute atomic E-state index is 0.571. The van der Waals surface area contributed by atoms with Gasteiger partial charge in [0.2, 0.25) is 6.41 Å². The predicted molar refractivity (Wildman–Crippen MR) is 46.4 cm³/mol. The molecule has 66 valence electrons. The Labute approximate surface area is 71.7 Å². The second kappa shape index (κ2) is 4.87. The van der Waals surface area contributed by atoms with Crippen LogP contribution in [0.25, 0.3) is 0 Å². The van der Waals surface area contributed by atoms with Gasteiger partial charge in [0, 0.05) is 6.54 Å². The first-order valence-corrected chi connectivity index (χ1v) is 3.92. The Balaban J connectivity index is 2.25. The van der Waals surface area contributed by atoms with E-state index in [0.717, 1.165) is 6.42 Å². The summed E-state index contributed by atoms with van der Waals surface area (Å²) in [4.78, 5) is 0. The molecule has 0 unspecified atom stereocenters. The quantitative estimate of drug-likeness (QED) is 0.557. The number of aliphatic hydroxyl groups is 2. The summed E-state index contributed by atoms with van der Waals surface area (Å²) in [6, 6.07) is 9.89. The monoisotopic (exact) mass is 167 g/mol. The van der Waals surface area contributed by atoms with E-state index < -0.39 is 6.41 Å². The lowest BCUT2D eigenvalue weighted by atomic mass is 10.1. The molecule has 0 aliphatic rings. The van der Waals surface area contributed by atoms with Crippen LogP contribution in [-0.4, -0.2) is 23.2 Å². The van der Waals surface area contributed by atoms with Gasteiger partial charge in [0.25, 0.3) is 0 Å². The van der Waals surface area contributed by atoms with Crippen LogP contribution in [0.5, 0.6) is 0 Å². The number of nitrogens with one attached hydrogen (secondary N) is 1. The molecule has 1 aromatic rings. The van der Waals surface area contributed by atoms with Gasteiger partial charge in [0.1, 0.15) is 0 Å². The molecule has 0 aliphatic carbocycles. The smallest absolute Gasteiger partial charge is 0.210 e. The molecule has 3 heteroatoms. The van der Waals surface area contributed by atoms with E-state index in [1.54, 1.807) is 0 Å². The van der Waals surface area contributed by atoms with Gasteiger partial charge in [-0.2, -0.15) is 0 Å². The van der Waals surface area contributed by atoms with E-state index in [4.69, 9.17) is 10.2 Å². The lowest BCUT2D eigenvalue weighted by Gasteiger charge is -2.05. The highest BCUT2D eigenvalue weighted by Crippen LogP contribution is 1.97. The normalized spacial score (nSPS) is 10.6. The molecule has 1 rings (SSSR count). The minimum atomic E-state index is -1.41. The molecular weight excluding hydrogens is 154 g/mol. The van der Waals surface area contributed by atoms with Crippen molar-refractivity contribution in [3.8, 4) is 0 Å². The Morgan fingerprint density at radius 2 is 1.83 bits per heavy atom. The zero-order chi connectivity index (χ0) is 8.81. The number of benzene rings is 1. The molecule has 0 atom stereocenters. The molecule has 12 heavy (non-hydrogen) atoms. The summed E-state index contributed by atoms with van der Waals surface area (Å²) in [5.74, 6) is 0. The van der Waals surface area contributed by atoms with Crippen LogP contribution in [0.3, 0.4) is 0 Å². The maximum atomic E-state index is 8.47. The third-order valence-corrected chi connectivity index (χ3v) is 1.58. The molecule has 0 aromatic heterocycles. The third kappa shape index (κ3) is 3.48. The van der Waals surface area contributed by atoms with Crippen molar-refractivity contribution in [1.29, 1.82) is 0 Å². The van der Waals surface area contributed by atoms with Crippen LogP contribution in [-0.2, 0) is 6.42 Å².